The van der Waals surface area contributed by atoms with Crippen LogP contribution in [0.4, 0.5) is 5.69 Å². The number of sulfonamides is 1. The van der Waals surface area contributed by atoms with Crippen molar-refractivity contribution in [2.75, 3.05) is 18.4 Å². The summed E-state index contributed by atoms with van der Waals surface area (Å²) in [5.74, 6) is -0.775. The molecule has 2 amide bonds. The molecule has 0 aromatic heterocycles. The van der Waals surface area contributed by atoms with Gasteiger partial charge in [-0.05, 0) is 57.0 Å². The molecule has 2 N–H and O–H groups in total. The third kappa shape index (κ3) is 5.02. The third-order valence-corrected chi connectivity index (χ3v) is 6.72. The van der Waals surface area contributed by atoms with Crippen LogP contribution in [0.5, 0.6) is 0 Å². The van der Waals surface area contributed by atoms with Crippen molar-refractivity contribution in [1.82, 2.24) is 9.62 Å². The van der Waals surface area contributed by atoms with Crippen LogP contribution in [-0.2, 0) is 14.8 Å². The van der Waals surface area contributed by atoms with Crippen molar-refractivity contribution >= 4 is 27.5 Å². The summed E-state index contributed by atoms with van der Waals surface area (Å²) >= 11 is 0. The molecule has 8 heteroatoms. The molecule has 0 spiro atoms. The highest BCUT2D eigenvalue weighted by Crippen LogP contribution is 2.23. The number of amides is 2. The lowest BCUT2D eigenvalue weighted by atomic mass is 10.1. The lowest BCUT2D eigenvalue weighted by Gasteiger charge is -2.17. The zero-order chi connectivity index (χ0) is 21.0. The van der Waals surface area contributed by atoms with Crippen LogP contribution >= 0.6 is 0 Å². The summed E-state index contributed by atoms with van der Waals surface area (Å²) in [6.07, 6.45) is 1.71. The van der Waals surface area contributed by atoms with Crippen LogP contribution in [0.25, 0.3) is 0 Å². The predicted octanol–water partition coefficient (Wildman–Crippen LogP) is 2.54. The van der Waals surface area contributed by atoms with Crippen molar-refractivity contribution in [3.8, 4) is 0 Å². The van der Waals surface area contributed by atoms with Gasteiger partial charge in [0.2, 0.25) is 15.9 Å². The molecule has 2 aromatic carbocycles. The highest BCUT2D eigenvalue weighted by molar-refractivity contribution is 7.89. The van der Waals surface area contributed by atoms with E-state index in [1.165, 1.54) is 16.4 Å². The Bertz CT molecular complexity index is 1010. The maximum Gasteiger partial charge on any atom is 0.251 e. The maximum atomic E-state index is 12.7. The molecule has 3 rings (SSSR count). The number of rotatable bonds is 6. The van der Waals surface area contributed by atoms with E-state index in [9.17, 15) is 18.0 Å². The Kier molecular flexibility index (Phi) is 6.34. The summed E-state index contributed by atoms with van der Waals surface area (Å²) in [7, 11) is -3.56. The lowest BCUT2D eigenvalue weighted by Crippen LogP contribution is -2.41. The summed E-state index contributed by atoms with van der Waals surface area (Å²) < 4.78 is 26.8. The van der Waals surface area contributed by atoms with Crippen LogP contribution in [0, 0.1) is 6.92 Å². The Morgan fingerprint density at radius 3 is 2.41 bits per heavy atom. The zero-order valence-electron chi connectivity index (χ0n) is 16.5. The van der Waals surface area contributed by atoms with Gasteiger partial charge < -0.3 is 10.6 Å². The molecular weight excluding hydrogens is 390 g/mol. The Morgan fingerprint density at radius 1 is 1.03 bits per heavy atom. The average Bonchev–Trinajstić information content (AvgIpc) is 3.24. The molecule has 29 heavy (non-hydrogen) atoms. The predicted molar refractivity (Wildman–Crippen MR) is 111 cm³/mol. The molecule has 1 aliphatic rings. The highest BCUT2D eigenvalue weighted by Gasteiger charge is 2.27. The van der Waals surface area contributed by atoms with Crippen molar-refractivity contribution in [2.24, 2.45) is 0 Å². The molecule has 0 radical (unpaired) electrons. The first-order valence-electron chi connectivity index (χ1n) is 9.56. The van der Waals surface area contributed by atoms with Crippen molar-refractivity contribution in [3.63, 3.8) is 0 Å². The van der Waals surface area contributed by atoms with Gasteiger partial charge in [-0.25, -0.2) is 8.42 Å². The summed E-state index contributed by atoms with van der Waals surface area (Å²) in [6.45, 7) is 4.49. The Labute approximate surface area is 171 Å². The van der Waals surface area contributed by atoms with E-state index in [4.69, 9.17) is 0 Å². The molecule has 1 atom stereocenters. The highest BCUT2D eigenvalue weighted by atomic mass is 32.2. The molecule has 2 aromatic rings. The Balaban J connectivity index is 1.66. The first-order chi connectivity index (χ1) is 13.8. The minimum absolute atomic E-state index is 0.147. The van der Waals surface area contributed by atoms with E-state index < -0.39 is 22.0 Å². The second-order valence-electron chi connectivity index (χ2n) is 7.19. The fourth-order valence-corrected chi connectivity index (χ4v) is 4.76. The summed E-state index contributed by atoms with van der Waals surface area (Å²) in [5.41, 5.74) is 1.79. The fourth-order valence-electron chi connectivity index (χ4n) is 3.19. The van der Waals surface area contributed by atoms with Crippen LogP contribution in [0.1, 0.15) is 35.7 Å². The summed E-state index contributed by atoms with van der Waals surface area (Å²) in [6, 6.07) is 12.5. The second-order valence-corrected chi connectivity index (χ2v) is 9.13. The molecule has 1 heterocycles. The van der Waals surface area contributed by atoms with E-state index in [1.54, 1.807) is 37.3 Å². The van der Waals surface area contributed by atoms with Gasteiger partial charge in [0.1, 0.15) is 6.04 Å². The van der Waals surface area contributed by atoms with Gasteiger partial charge >= 0.3 is 0 Å². The van der Waals surface area contributed by atoms with E-state index in [0.717, 1.165) is 18.4 Å². The first-order valence-corrected chi connectivity index (χ1v) is 11.0. The van der Waals surface area contributed by atoms with Gasteiger partial charge in [0.15, 0.2) is 0 Å². The van der Waals surface area contributed by atoms with Crippen LogP contribution in [0.2, 0.25) is 0 Å². The van der Waals surface area contributed by atoms with Gasteiger partial charge in [-0.15, -0.1) is 0 Å². The molecule has 0 aliphatic carbocycles. The SMILES string of the molecule is Cc1cccc(C(=O)N[C@@H](C)C(=O)Nc2cccc(S(=O)(=O)N3CCCC3)c2)c1. The Hall–Kier alpha value is -2.71. The standard InChI is InChI=1S/C21H25N3O4S/c1-15-7-5-8-17(13-15)21(26)22-16(2)20(25)23-18-9-6-10-19(14-18)29(27,28)24-11-3-4-12-24/h5-10,13-14,16H,3-4,11-12H2,1-2H3,(H,22,26)(H,23,25)/t16-/m0/s1. The van der Waals surface area contributed by atoms with E-state index in [2.05, 4.69) is 10.6 Å². The Morgan fingerprint density at radius 2 is 1.72 bits per heavy atom. The van der Waals surface area contributed by atoms with E-state index in [1.807, 2.05) is 13.0 Å². The molecule has 0 unspecified atom stereocenters. The van der Waals surface area contributed by atoms with Gasteiger partial charge in [0, 0.05) is 24.3 Å². The third-order valence-electron chi connectivity index (χ3n) is 4.83. The summed E-state index contributed by atoms with van der Waals surface area (Å²) in [4.78, 5) is 24.9. The number of carbonyl (C=O) groups is 2. The molecule has 1 fully saturated rings. The molecule has 7 nitrogen and oxygen atoms in total. The van der Waals surface area contributed by atoms with Gasteiger partial charge in [-0.2, -0.15) is 4.31 Å². The number of hydrogen-bond donors (Lipinski definition) is 2. The van der Waals surface area contributed by atoms with Crippen molar-refractivity contribution in [3.05, 3.63) is 59.7 Å². The largest absolute Gasteiger partial charge is 0.341 e. The minimum Gasteiger partial charge on any atom is -0.341 e. The van der Waals surface area contributed by atoms with E-state index in [0.29, 0.717) is 24.3 Å². The van der Waals surface area contributed by atoms with Crippen LogP contribution < -0.4 is 10.6 Å². The molecule has 1 saturated heterocycles. The first kappa shape index (κ1) is 21.0. The van der Waals surface area contributed by atoms with E-state index >= 15 is 0 Å². The molecule has 154 valence electrons. The lowest BCUT2D eigenvalue weighted by molar-refractivity contribution is -0.117. The number of nitrogens with one attached hydrogen (secondary N) is 2. The minimum atomic E-state index is -3.56. The number of benzene rings is 2. The van der Waals surface area contributed by atoms with Gasteiger partial charge in [0.25, 0.3) is 5.91 Å². The number of carbonyl (C=O) groups excluding carboxylic acids is 2. The van der Waals surface area contributed by atoms with Crippen molar-refractivity contribution in [1.29, 1.82) is 0 Å². The average molecular weight is 416 g/mol. The van der Waals surface area contributed by atoms with Crippen LogP contribution in [-0.4, -0.2) is 43.7 Å². The van der Waals surface area contributed by atoms with E-state index in [-0.39, 0.29) is 10.8 Å². The number of nitrogens with zero attached hydrogens (tertiary/aromatic N) is 1. The number of hydrogen-bond acceptors (Lipinski definition) is 4. The monoisotopic (exact) mass is 415 g/mol. The van der Waals surface area contributed by atoms with Gasteiger partial charge in [-0.3, -0.25) is 9.59 Å². The van der Waals surface area contributed by atoms with Crippen LogP contribution in [0.3, 0.4) is 0 Å². The summed E-state index contributed by atoms with van der Waals surface area (Å²) in [5, 5.41) is 5.33. The van der Waals surface area contributed by atoms with Gasteiger partial charge in [-0.1, -0.05) is 23.8 Å². The molecule has 1 aliphatic heterocycles. The molecule has 0 saturated carbocycles. The second kappa shape index (κ2) is 8.75. The van der Waals surface area contributed by atoms with Crippen LogP contribution in [0.15, 0.2) is 53.4 Å². The van der Waals surface area contributed by atoms with Crippen molar-refractivity contribution in [2.45, 2.75) is 37.6 Å². The molecular formula is C21H25N3O4S. The smallest absolute Gasteiger partial charge is 0.251 e. The topological polar surface area (TPSA) is 95.6 Å². The number of anilines is 1. The number of aryl methyl sites for hydroxylation is 1. The quantitative estimate of drug-likeness (QED) is 0.758. The fraction of sp³-hybridized carbons (Fsp3) is 0.333. The molecule has 0 bridgehead atoms. The normalized spacial score (nSPS) is 15.7. The maximum absolute atomic E-state index is 12.7. The van der Waals surface area contributed by atoms with Crippen molar-refractivity contribution < 1.29 is 18.0 Å². The van der Waals surface area contributed by atoms with Gasteiger partial charge in [0.05, 0.1) is 4.90 Å². The zero-order valence-corrected chi connectivity index (χ0v) is 17.3.